The molecule has 0 spiro atoms. The zero-order chi connectivity index (χ0) is 26.9. The quantitative estimate of drug-likeness (QED) is 0.274. The van der Waals surface area contributed by atoms with E-state index in [0.717, 1.165) is 16.3 Å². The lowest BCUT2D eigenvalue weighted by atomic mass is 9.97. The predicted octanol–water partition coefficient (Wildman–Crippen LogP) is 1.76. The third-order valence-corrected chi connectivity index (χ3v) is 6.45. The highest BCUT2D eigenvalue weighted by molar-refractivity contribution is 5.93. The van der Waals surface area contributed by atoms with Crippen molar-refractivity contribution in [3.8, 4) is 0 Å². The molecule has 0 radical (unpaired) electrons. The molecule has 4 amide bonds. The minimum Gasteiger partial charge on any atom is -0.465 e. The molecule has 0 bridgehead atoms. The fourth-order valence-electron chi connectivity index (χ4n) is 4.63. The molecule has 0 aliphatic carbocycles. The molecule has 1 saturated heterocycles. The van der Waals surface area contributed by atoms with E-state index in [2.05, 4.69) is 21.3 Å². The number of carboxylic acid groups (broad SMARTS) is 1. The molecule has 37 heavy (non-hydrogen) atoms. The number of hydrogen-bond donors (Lipinski definition) is 5. The average Bonchev–Trinajstić information content (AvgIpc) is 3.26. The van der Waals surface area contributed by atoms with E-state index < -0.39 is 36.0 Å². The maximum absolute atomic E-state index is 13.3. The van der Waals surface area contributed by atoms with Gasteiger partial charge in [-0.2, -0.15) is 0 Å². The molecule has 2 aromatic rings. The van der Waals surface area contributed by atoms with Crippen molar-refractivity contribution in [3.05, 3.63) is 48.0 Å². The molecule has 4 atom stereocenters. The molecular formula is C27H34N4O6. The number of carbonyl (C=O) groups excluding carboxylic acids is 4. The summed E-state index contributed by atoms with van der Waals surface area (Å²) in [5, 5.41) is 21.5. The molecule has 1 heterocycles. The van der Waals surface area contributed by atoms with Crippen LogP contribution < -0.4 is 21.3 Å². The first-order valence-corrected chi connectivity index (χ1v) is 12.5. The first kappa shape index (κ1) is 27.6. The third kappa shape index (κ3) is 7.77. The molecule has 1 fully saturated rings. The largest absolute Gasteiger partial charge is 0.465 e. The second-order valence-electron chi connectivity index (χ2n) is 9.80. The maximum Gasteiger partial charge on any atom is 0.405 e. The van der Waals surface area contributed by atoms with Gasteiger partial charge in [0.15, 0.2) is 0 Å². The third-order valence-electron chi connectivity index (χ3n) is 6.45. The van der Waals surface area contributed by atoms with Gasteiger partial charge in [-0.05, 0) is 41.5 Å². The van der Waals surface area contributed by atoms with Gasteiger partial charge >= 0.3 is 6.09 Å². The molecule has 0 unspecified atom stereocenters. The van der Waals surface area contributed by atoms with Crippen LogP contribution in [0, 0.1) is 11.8 Å². The number of nitrogens with one attached hydrogen (secondary N) is 4. The van der Waals surface area contributed by atoms with Crippen LogP contribution in [-0.2, 0) is 25.6 Å². The topological polar surface area (TPSA) is 154 Å². The van der Waals surface area contributed by atoms with Crippen LogP contribution in [0.5, 0.6) is 0 Å². The summed E-state index contributed by atoms with van der Waals surface area (Å²) in [6.07, 6.45) is 0.355. The van der Waals surface area contributed by atoms with Gasteiger partial charge in [0, 0.05) is 18.9 Å². The SMILES string of the molecule is CC(C)C[C@H](NC(=O)[C@H](Cc1cccc2ccccc12)NC(=O)O)C(=O)N[C@H](C=O)C[C@@H]1CCNC1=O. The molecule has 0 aromatic heterocycles. The molecule has 3 rings (SSSR count). The highest BCUT2D eigenvalue weighted by atomic mass is 16.4. The Morgan fingerprint density at radius 1 is 1.03 bits per heavy atom. The van der Waals surface area contributed by atoms with Crippen molar-refractivity contribution in [2.75, 3.05) is 6.54 Å². The Balaban J connectivity index is 1.74. The fourth-order valence-corrected chi connectivity index (χ4v) is 4.63. The van der Waals surface area contributed by atoms with Crippen LogP contribution in [0.2, 0.25) is 0 Å². The number of hydrogen-bond acceptors (Lipinski definition) is 5. The summed E-state index contributed by atoms with van der Waals surface area (Å²) in [5.74, 6) is -1.69. The molecule has 2 aromatic carbocycles. The van der Waals surface area contributed by atoms with E-state index >= 15 is 0 Å². The monoisotopic (exact) mass is 510 g/mol. The van der Waals surface area contributed by atoms with Gasteiger partial charge in [-0.1, -0.05) is 56.3 Å². The zero-order valence-electron chi connectivity index (χ0n) is 21.0. The molecule has 5 N–H and O–H groups in total. The standard InChI is InChI=1S/C27H34N4O6/c1-16(2)12-22(25(34)29-20(15-32)13-19-10-11-28-24(19)33)30-26(35)23(31-27(36)37)14-18-8-5-7-17-6-3-4-9-21(17)18/h3-9,15-16,19-20,22-23,31H,10-14H2,1-2H3,(H,28,33)(H,29,34)(H,30,35)(H,36,37)/t19-,20-,22-,23-/m0/s1. The van der Waals surface area contributed by atoms with Crippen molar-refractivity contribution in [2.45, 2.75) is 57.7 Å². The van der Waals surface area contributed by atoms with Crippen LogP contribution in [0.15, 0.2) is 42.5 Å². The first-order valence-electron chi connectivity index (χ1n) is 12.5. The van der Waals surface area contributed by atoms with Gasteiger partial charge < -0.3 is 31.2 Å². The van der Waals surface area contributed by atoms with E-state index in [-0.39, 0.29) is 37.0 Å². The van der Waals surface area contributed by atoms with E-state index in [1.165, 1.54) is 0 Å². The summed E-state index contributed by atoms with van der Waals surface area (Å²) in [6, 6.07) is 10.2. The number of rotatable bonds is 12. The second kappa shape index (κ2) is 12.8. The van der Waals surface area contributed by atoms with Crippen molar-refractivity contribution in [1.82, 2.24) is 21.3 Å². The van der Waals surface area contributed by atoms with E-state index in [1.54, 1.807) is 0 Å². The maximum atomic E-state index is 13.3. The Kier molecular flexibility index (Phi) is 9.59. The van der Waals surface area contributed by atoms with Gasteiger partial charge in [-0.25, -0.2) is 4.79 Å². The number of benzene rings is 2. The number of aldehydes is 1. The predicted molar refractivity (Wildman–Crippen MR) is 138 cm³/mol. The smallest absolute Gasteiger partial charge is 0.405 e. The Morgan fingerprint density at radius 2 is 1.73 bits per heavy atom. The summed E-state index contributed by atoms with van der Waals surface area (Å²) in [5.41, 5.74) is 0.785. The summed E-state index contributed by atoms with van der Waals surface area (Å²) < 4.78 is 0. The highest BCUT2D eigenvalue weighted by Gasteiger charge is 2.31. The Bertz CT molecular complexity index is 1150. The average molecular weight is 511 g/mol. The summed E-state index contributed by atoms with van der Waals surface area (Å²) in [6.45, 7) is 4.30. The Hall–Kier alpha value is -3.95. The van der Waals surface area contributed by atoms with Gasteiger partial charge in [0.05, 0.1) is 6.04 Å². The van der Waals surface area contributed by atoms with Gasteiger partial charge in [-0.3, -0.25) is 14.4 Å². The van der Waals surface area contributed by atoms with Crippen LogP contribution in [0.25, 0.3) is 10.8 Å². The lowest BCUT2D eigenvalue weighted by Crippen LogP contribution is -2.56. The number of fused-ring (bicyclic) bond motifs is 1. The summed E-state index contributed by atoms with van der Waals surface area (Å²) >= 11 is 0. The second-order valence-corrected chi connectivity index (χ2v) is 9.80. The lowest BCUT2D eigenvalue weighted by Gasteiger charge is -2.25. The van der Waals surface area contributed by atoms with E-state index in [0.29, 0.717) is 19.3 Å². The highest BCUT2D eigenvalue weighted by Crippen LogP contribution is 2.20. The van der Waals surface area contributed by atoms with Gasteiger partial charge in [0.2, 0.25) is 17.7 Å². The summed E-state index contributed by atoms with van der Waals surface area (Å²) in [4.78, 5) is 61.4. The van der Waals surface area contributed by atoms with Crippen LogP contribution in [-0.4, -0.2) is 59.9 Å². The van der Waals surface area contributed by atoms with Gasteiger partial charge in [0.25, 0.3) is 0 Å². The van der Waals surface area contributed by atoms with Crippen molar-refractivity contribution in [2.24, 2.45) is 11.8 Å². The van der Waals surface area contributed by atoms with Crippen LogP contribution in [0.3, 0.4) is 0 Å². The molecule has 1 aliphatic heterocycles. The Morgan fingerprint density at radius 3 is 2.38 bits per heavy atom. The minimum atomic E-state index is -1.36. The number of amides is 4. The molecular weight excluding hydrogens is 476 g/mol. The Labute approximate surface area is 215 Å². The van der Waals surface area contributed by atoms with Crippen molar-refractivity contribution in [1.29, 1.82) is 0 Å². The fraction of sp³-hybridized carbons (Fsp3) is 0.444. The van der Waals surface area contributed by atoms with Crippen molar-refractivity contribution >= 4 is 40.9 Å². The van der Waals surface area contributed by atoms with Gasteiger partial charge in [0.1, 0.15) is 18.4 Å². The van der Waals surface area contributed by atoms with E-state index in [1.807, 2.05) is 56.3 Å². The summed E-state index contributed by atoms with van der Waals surface area (Å²) in [7, 11) is 0. The number of carbonyl (C=O) groups is 5. The zero-order valence-corrected chi connectivity index (χ0v) is 21.0. The van der Waals surface area contributed by atoms with E-state index in [4.69, 9.17) is 0 Å². The molecule has 10 heteroatoms. The van der Waals surface area contributed by atoms with Crippen LogP contribution >= 0.6 is 0 Å². The first-order chi connectivity index (χ1) is 17.7. The van der Waals surface area contributed by atoms with Crippen LogP contribution in [0.1, 0.15) is 38.7 Å². The molecule has 198 valence electrons. The molecule has 10 nitrogen and oxygen atoms in total. The normalized spacial score (nSPS) is 17.5. The van der Waals surface area contributed by atoms with E-state index in [9.17, 15) is 29.1 Å². The molecule has 1 aliphatic rings. The van der Waals surface area contributed by atoms with Crippen molar-refractivity contribution in [3.63, 3.8) is 0 Å². The molecule has 0 saturated carbocycles. The minimum absolute atomic E-state index is 0.0234. The lowest BCUT2D eigenvalue weighted by molar-refractivity contribution is -0.131. The van der Waals surface area contributed by atoms with Crippen molar-refractivity contribution < 1.29 is 29.1 Å². The van der Waals surface area contributed by atoms with Gasteiger partial charge in [-0.15, -0.1) is 0 Å². The van der Waals surface area contributed by atoms with Crippen LogP contribution in [0.4, 0.5) is 4.79 Å².